The number of carbonyl (C=O) groups excluding carboxylic acids is 2. The molecule has 1 aromatic rings. The summed E-state index contributed by atoms with van der Waals surface area (Å²) in [6, 6.07) is 1.56. The average molecular weight is 234 g/mol. The number of pyridine rings is 1. The molecule has 0 bridgehead atoms. The summed E-state index contributed by atoms with van der Waals surface area (Å²) >= 11 is 0. The van der Waals surface area contributed by atoms with Crippen LogP contribution in [0, 0.1) is 0 Å². The van der Waals surface area contributed by atoms with Gasteiger partial charge in [0.1, 0.15) is 11.4 Å². The van der Waals surface area contributed by atoms with Crippen LogP contribution in [0.25, 0.3) is 0 Å². The molecule has 0 N–H and O–H groups in total. The van der Waals surface area contributed by atoms with Gasteiger partial charge < -0.3 is 9.64 Å². The molecule has 1 aromatic heterocycles. The zero-order chi connectivity index (χ0) is 12.4. The lowest BCUT2D eigenvalue weighted by Crippen LogP contribution is -2.24. The van der Waals surface area contributed by atoms with Crippen molar-refractivity contribution in [3.8, 4) is 5.75 Å². The first kappa shape index (κ1) is 11.6. The molecule has 1 saturated carbocycles. The molecule has 1 aliphatic rings. The fraction of sp³-hybridized carbons (Fsp3) is 0.417. The highest BCUT2D eigenvalue weighted by molar-refractivity contribution is 5.99. The zero-order valence-electron chi connectivity index (χ0n) is 9.84. The minimum absolute atomic E-state index is 0.160. The third kappa shape index (κ3) is 2.61. The molecule has 1 amide bonds. The van der Waals surface area contributed by atoms with E-state index in [1.807, 2.05) is 0 Å². The average Bonchev–Trinajstić information content (AvgIpc) is 3.11. The Morgan fingerprint density at radius 2 is 2.24 bits per heavy atom. The molecule has 17 heavy (non-hydrogen) atoms. The third-order valence-electron chi connectivity index (χ3n) is 2.45. The number of rotatable bonds is 4. The van der Waals surface area contributed by atoms with E-state index in [1.54, 1.807) is 20.2 Å². The summed E-state index contributed by atoms with van der Waals surface area (Å²) < 4.78 is 5.52. The minimum Gasteiger partial charge on any atom is -0.489 e. The van der Waals surface area contributed by atoms with Crippen molar-refractivity contribution in [2.45, 2.75) is 18.9 Å². The van der Waals surface area contributed by atoms with Gasteiger partial charge >= 0.3 is 0 Å². The summed E-state index contributed by atoms with van der Waals surface area (Å²) in [5, 5.41) is 0. The Hall–Kier alpha value is -1.91. The maximum absolute atomic E-state index is 11.7. The molecule has 0 radical (unpaired) electrons. The van der Waals surface area contributed by atoms with Gasteiger partial charge in [-0.15, -0.1) is 0 Å². The highest BCUT2D eigenvalue weighted by Gasteiger charge is 2.24. The fourth-order valence-electron chi connectivity index (χ4n) is 1.38. The van der Waals surface area contributed by atoms with Crippen molar-refractivity contribution in [1.82, 2.24) is 9.88 Å². The van der Waals surface area contributed by atoms with E-state index in [9.17, 15) is 9.59 Å². The second-order valence-electron chi connectivity index (χ2n) is 4.24. The SMILES string of the molecule is CN(C)C(=O)c1ncc(OC2CC2)cc1C=O. The van der Waals surface area contributed by atoms with Gasteiger partial charge in [-0.1, -0.05) is 0 Å². The predicted octanol–water partition coefficient (Wildman–Crippen LogP) is 1.14. The van der Waals surface area contributed by atoms with Crippen LogP contribution in [0.5, 0.6) is 5.75 Å². The van der Waals surface area contributed by atoms with Gasteiger partial charge in [0.25, 0.3) is 5.91 Å². The van der Waals surface area contributed by atoms with E-state index >= 15 is 0 Å². The van der Waals surface area contributed by atoms with Crippen LogP contribution < -0.4 is 4.74 Å². The van der Waals surface area contributed by atoms with E-state index in [0.717, 1.165) is 12.8 Å². The number of carbonyl (C=O) groups is 2. The maximum atomic E-state index is 11.7. The molecule has 2 rings (SSSR count). The van der Waals surface area contributed by atoms with Crippen LogP contribution in [0.3, 0.4) is 0 Å². The number of hydrogen-bond acceptors (Lipinski definition) is 4. The first-order valence-electron chi connectivity index (χ1n) is 5.45. The topological polar surface area (TPSA) is 59.5 Å². The number of ether oxygens (including phenoxy) is 1. The number of aromatic nitrogens is 1. The summed E-state index contributed by atoms with van der Waals surface area (Å²) in [7, 11) is 3.24. The van der Waals surface area contributed by atoms with Gasteiger partial charge in [0.15, 0.2) is 6.29 Å². The number of amides is 1. The monoisotopic (exact) mass is 234 g/mol. The molecule has 0 saturated heterocycles. The molecular formula is C12H14N2O3. The van der Waals surface area contributed by atoms with Crippen LogP contribution >= 0.6 is 0 Å². The summed E-state index contributed by atoms with van der Waals surface area (Å²) in [6.45, 7) is 0. The summed E-state index contributed by atoms with van der Waals surface area (Å²) in [4.78, 5) is 28.1. The molecule has 1 fully saturated rings. The second kappa shape index (κ2) is 4.53. The lowest BCUT2D eigenvalue weighted by molar-refractivity contribution is 0.0818. The highest BCUT2D eigenvalue weighted by atomic mass is 16.5. The van der Waals surface area contributed by atoms with E-state index in [2.05, 4.69) is 4.98 Å². The molecule has 5 nitrogen and oxygen atoms in total. The highest BCUT2D eigenvalue weighted by Crippen LogP contribution is 2.27. The minimum atomic E-state index is -0.287. The van der Waals surface area contributed by atoms with E-state index < -0.39 is 0 Å². The Balaban J connectivity index is 2.27. The van der Waals surface area contributed by atoms with Gasteiger partial charge in [-0.05, 0) is 18.9 Å². The van der Waals surface area contributed by atoms with Crippen molar-refractivity contribution in [2.24, 2.45) is 0 Å². The van der Waals surface area contributed by atoms with E-state index in [-0.39, 0.29) is 23.3 Å². The molecule has 90 valence electrons. The molecule has 0 aromatic carbocycles. The Morgan fingerprint density at radius 1 is 1.53 bits per heavy atom. The second-order valence-corrected chi connectivity index (χ2v) is 4.24. The van der Waals surface area contributed by atoms with Crippen LogP contribution in [-0.2, 0) is 0 Å². The first-order chi connectivity index (χ1) is 8.11. The van der Waals surface area contributed by atoms with Crippen molar-refractivity contribution in [2.75, 3.05) is 14.1 Å². The third-order valence-corrected chi connectivity index (χ3v) is 2.45. The van der Waals surface area contributed by atoms with Crippen molar-refractivity contribution in [1.29, 1.82) is 0 Å². The van der Waals surface area contributed by atoms with Gasteiger partial charge in [-0.2, -0.15) is 0 Å². The summed E-state index contributed by atoms with van der Waals surface area (Å²) in [5.41, 5.74) is 0.426. The molecule has 0 spiro atoms. The van der Waals surface area contributed by atoms with Gasteiger partial charge in [-0.3, -0.25) is 9.59 Å². The number of aldehydes is 1. The number of nitrogens with zero attached hydrogens (tertiary/aromatic N) is 2. The zero-order valence-corrected chi connectivity index (χ0v) is 9.84. The lowest BCUT2D eigenvalue weighted by atomic mass is 10.2. The molecule has 0 aliphatic heterocycles. The molecule has 1 aliphatic carbocycles. The van der Waals surface area contributed by atoms with Gasteiger partial charge in [0, 0.05) is 19.7 Å². The predicted molar refractivity (Wildman–Crippen MR) is 61.3 cm³/mol. The standard InChI is InChI=1S/C12H14N2O3/c1-14(2)12(16)11-8(7-15)5-10(6-13-11)17-9-3-4-9/h5-7,9H,3-4H2,1-2H3. The van der Waals surface area contributed by atoms with Crippen molar-refractivity contribution >= 4 is 12.2 Å². The Labute approximate surface area is 99.4 Å². The van der Waals surface area contributed by atoms with Gasteiger partial charge in [-0.25, -0.2) is 4.98 Å². The van der Waals surface area contributed by atoms with Crippen LogP contribution in [0.4, 0.5) is 0 Å². The Kier molecular flexibility index (Phi) is 3.08. The van der Waals surface area contributed by atoms with Crippen LogP contribution in [0.15, 0.2) is 12.3 Å². The van der Waals surface area contributed by atoms with E-state index in [0.29, 0.717) is 12.0 Å². The molecule has 0 unspecified atom stereocenters. The van der Waals surface area contributed by atoms with Crippen molar-refractivity contribution in [3.05, 3.63) is 23.5 Å². The van der Waals surface area contributed by atoms with Gasteiger partial charge in [0.2, 0.25) is 0 Å². The Morgan fingerprint density at radius 3 is 2.76 bits per heavy atom. The van der Waals surface area contributed by atoms with Crippen molar-refractivity contribution < 1.29 is 14.3 Å². The fourth-order valence-corrected chi connectivity index (χ4v) is 1.38. The maximum Gasteiger partial charge on any atom is 0.272 e. The molecule has 1 heterocycles. The first-order valence-corrected chi connectivity index (χ1v) is 5.45. The molecule has 5 heteroatoms. The summed E-state index contributed by atoms with van der Waals surface area (Å²) in [6.07, 6.45) is 4.43. The van der Waals surface area contributed by atoms with Crippen LogP contribution in [0.2, 0.25) is 0 Å². The van der Waals surface area contributed by atoms with Crippen LogP contribution in [0.1, 0.15) is 33.7 Å². The Bertz CT molecular complexity index is 453. The van der Waals surface area contributed by atoms with Crippen molar-refractivity contribution in [3.63, 3.8) is 0 Å². The quantitative estimate of drug-likeness (QED) is 0.733. The smallest absolute Gasteiger partial charge is 0.272 e. The summed E-state index contributed by atoms with van der Waals surface area (Å²) in [5.74, 6) is 0.259. The van der Waals surface area contributed by atoms with Crippen LogP contribution in [-0.4, -0.2) is 42.3 Å². The van der Waals surface area contributed by atoms with Gasteiger partial charge in [0.05, 0.1) is 12.3 Å². The van der Waals surface area contributed by atoms with E-state index in [4.69, 9.17) is 4.74 Å². The molecular weight excluding hydrogens is 220 g/mol. The normalized spacial score (nSPS) is 14.2. The molecule has 0 atom stereocenters. The number of hydrogen-bond donors (Lipinski definition) is 0. The lowest BCUT2D eigenvalue weighted by Gasteiger charge is -2.12. The van der Waals surface area contributed by atoms with E-state index in [1.165, 1.54) is 11.1 Å². The largest absolute Gasteiger partial charge is 0.489 e.